The molecule has 1 rings (SSSR count). The molecule has 1 saturated heterocycles. The van der Waals surface area contributed by atoms with Gasteiger partial charge in [-0.1, -0.05) is 33.1 Å². The summed E-state index contributed by atoms with van der Waals surface area (Å²) < 4.78 is 5.75. The first-order valence-electron chi connectivity index (χ1n) is 5.94. The van der Waals surface area contributed by atoms with E-state index in [9.17, 15) is 4.79 Å². The van der Waals surface area contributed by atoms with Crippen LogP contribution >= 0.6 is 0 Å². The first-order valence-corrected chi connectivity index (χ1v) is 8.47. The molecule has 0 aromatic carbocycles. The molecule has 0 spiro atoms. The van der Waals surface area contributed by atoms with Crippen molar-refractivity contribution in [2.75, 3.05) is 0 Å². The van der Waals surface area contributed by atoms with Gasteiger partial charge in [-0.15, -0.1) is 0 Å². The monoisotopic (exact) mass is 214 g/mol. The second kappa shape index (κ2) is 5.54. The lowest BCUT2D eigenvalue weighted by molar-refractivity contribution is -0.135. The molecule has 0 bridgehead atoms. The van der Waals surface area contributed by atoms with Crippen molar-refractivity contribution in [2.45, 2.75) is 64.1 Å². The normalized spacial score (nSPS) is 19.6. The molecule has 0 aromatic heterocycles. The summed E-state index contributed by atoms with van der Waals surface area (Å²) in [7, 11) is -1.57. The van der Waals surface area contributed by atoms with Crippen molar-refractivity contribution in [3.63, 3.8) is 0 Å². The molecule has 0 aromatic rings. The molecule has 0 amide bonds. The molecule has 0 aliphatic carbocycles. The van der Waals surface area contributed by atoms with Crippen LogP contribution < -0.4 is 0 Å². The number of hydrogen-bond donors (Lipinski definition) is 0. The van der Waals surface area contributed by atoms with Gasteiger partial charge in [0, 0.05) is 6.42 Å². The van der Waals surface area contributed by atoms with Crippen LogP contribution in [-0.4, -0.2) is 14.3 Å². The average molecular weight is 214 g/mol. The molecule has 0 saturated carbocycles. The number of rotatable bonds is 5. The standard InChI is InChI=1S/C11H22O2Si/c1-3-5-8-11(12)13-14(4-2)9-6-7-10-14/h3-10H2,1-2H3. The van der Waals surface area contributed by atoms with Gasteiger partial charge in [-0.25, -0.2) is 0 Å². The molecule has 0 unspecified atom stereocenters. The Morgan fingerprint density at radius 1 is 1.29 bits per heavy atom. The number of carbonyl (C=O) groups excluding carboxylic acids is 1. The van der Waals surface area contributed by atoms with Gasteiger partial charge >= 0.3 is 0 Å². The van der Waals surface area contributed by atoms with Gasteiger partial charge in [0.05, 0.1) is 0 Å². The fourth-order valence-electron chi connectivity index (χ4n) is 2.16. The highest BCUT2D eigenvalue weighted by molar-refractivity contribution is 6.75. The van der Waals surface area contributed by atoms with Crippen LogP contribution in [0.2, 0.25) is 18.1 Å². The Balaban J connectivity index is 2.36. The van der Waals surface area contributed by atoms with E-state index in [1.54, 1.807) is 0 Å². The van der Waals surface area contributed by atoms with Crippen molar-refractivity contribution < 1.29 is 9.22 Å². The van der Waals surface area contributed by atoms with E-state index in [2.05, 4.69) is 13.8 Å². The van der Waals surface area contributed by atoms with Crippen molar-refractivity contribution in [1.82, 2.24) is 0 Å². The summed E-state index contributed by atoms with van der Waals surface area (Å²) in [5.74, 6) is 0.0715. The van der Waals surface area contributed by atoms with Crippen molar-refractivity contribution in [1.29, 1.82) is 0 Å². The molecule has 1 fully saturated rings. The molecule has 82 valence electrons. The summed E-state index contributed by atoms with van der Waals surface area (Å²) in [6, 6.07) is 3.54. The Bertz CT molecular complexity index is 186. The Morgan fingerprint density at radius 2 is 1.93 bits per heavy atom. The van der Waals surface area contributed by atoms with E-state index < -0.39 is 8.32 Å². The zero-order chi connectivity index (χ0) is 10.4. The summed E-state index contributed by atoms with van der Waals surface area (Å²) in [5.41, 5.74) is 0. The fourth-order valence-corrected chi connectivity index (χ4v) is 5.84. The summed E-state index contributed by atoms with van der Waals surface area (Å²) >= 11 is 0. The van der Waals surface area contributed by atoms with Gasteiger partial charge in [-0.05, 0) is 24.6 Å². The van der Waals surface area contributed by atoms with Gasteiger partial charge in [0.2, 0.25) is 0 Å². The second-order valence-corrected chi connectivity index (χ2v) is 8.60. The van der Waals surface area contributed by atoms with Gasteiger partial charge in [-0.2, -0.15) is 0 Å². The predicted octanol–water partition coefficient (Wildman–Crippen LogP) is 3.48. The maximum Gasteiger partial charge on any atom is 0.292 e. The summed E-state index contributed by atoms with van der Waals surface area (Å²) in [6.45, 7) is 4.29. The quantitative estimate of drug-likeness (QED) is 0.655. The highest BCUT2D eigenvalue weighted by Gasteiger charge is 2.39. The van der Waals surface area contributed by atoms with Crippen LogP contribution in [0.5, 0.6) is 0 Å². The van der Waals surface area contributed by atoms with Crippen LogP contribution in [0.4, 0.5) is 0 Å². The number of carbonyl (C=O) groups is 1. The Hall–Kier alpha value is -0.313. The second-order valence-electron chi connectivity index (χ2n) is 4.32. The lowest BCUT2D eigenvalue weighted by Crippen LogP contribution is -2.36. The lowest BCUT2D eigenvalue weighted by Gasteiger charge is -2.24. The van der Waals surface area contributed by atoms with Crippen LogP contribution in [0.1, 0.15) is 46.0 Å². The van der Waals surface area contributed by atoms with Gasteiger partial charge < -0.3 is 4.43 Å². The minimum Gasteiger partial charge on any atom is -0.519 e. The van der Waals surface area contributed by atoms with Gasteiger partial charge in [0.15, 0.2) is 0 Å². The molecular formula is C11H22O2Si. The Kier molecular flexibility index (Phi) is 4.65. The van der Waals surface area contributed by atoms with Gasteiger partial charge in [0.25, 0.3) is 14.3 Å². The van der Waals surface area contributed by atoms with E-state index in [0.717, 1.165) is 18.9 Å². The Labute approximate surface area is 88.2 Å². The highest BCUT2D eigenvalue weighted by atomic mass is 28.4. The van der Waals surface area contributed by atoms with Crippen molar-refractivity contribution in [3.05, 3.63) is 0 Å². The van der Waals surface area contributed by atoms with E-state index in [1.807, 2.05) is 0 Å². The largest absolute Gasteiger partial charge is 0.519 e. The third-order valence-corrected chi connectivity index (χ3v) is 7.70. The van der Waals surface area contributed by atoms with E-state index >= 15 is 0 Å². The topological polar surface area (TPSA) is 26.3 Å². The molecule has 3 heteroatoms. The minimum atomic E-state index is -1.57. The number of unbranched alkanes of at least 4 members (excludes halogenated alkanes) is 1. The minimum absolute atomic E-state index is 0.0715. The molecule has 0 N–H and O–H groups in total. The van der Waals surface area contributed by atoms with E-state index in [0.29, 0.717) is 6.42 Å². The summed E-state index contributed by atoms with van der Waals surface area (Å²) in [6.07, 6.45) is 5.25. The highest BCUT2D eigenvalue weighted by Crippen LogP contribution is 2.34. The molecule has 2 nitrogen and oxygen atoms in total. The van der Waals surface area contributed by atoms with E-state index in [4.69, 9.17) is 4.43 Å². The summed E-state index contributed by atoms with van der Waals surface area (Å²) in [5, 5.41) is 0. The third kappa shape index (κ3) is 3.12. The van der Waals surface area contributed by atoms with Crippen LogP contribution in [0.25, 0.3) is 0 Å². The SMILES string of the molecule is CCCCC(=O)O[Si]1(CC)CCCC1. The zero-order valence-corrected chi connectivity index (χ0v) is 10.5. The molecule has 1 aliphatic heterocycles. The fraction of sp³-hybridized carbons (Fsp3) is 0.909. The lowest BCUT2D eigenvalue weighted by atomic mass is 10.3. The van der Waals surface area contributed by atoms with Crippen LogP contribution in [-0.2, 0) is 9.22 Å². The van der Waals surface area contributed by atoms with Crippen molar-refractivity contribution in [3.8, 4) is 0 Å². The maximum absolute atomic E-state index is 11.5. The summed E-state index contributed by atoms with van der Waals surface area (Å²) in [4.78, 5) is 11.5. The van der Waals surface area contributed by atoms with Gasteiger partial charge in [-0.3, -0.25) is 4.79 Å². The Morgan fingerprint density at radius 3 is 2.43 bits per heavy atom. The molecule has 14 heavy (non-hydrogen) atoms. The predicted molar refractivity (Wildman–Crippen MR) is 60.7 cm³/mol. The van der Waals surface area contributed by atoms with Crippen LogP contribution in [0.15, 0.2) is 0 Å². The van der Waals surface area contributed by atoms with E-state index in [-0.39, 0.29) is 5.97 Å². The van der Waals surface area contributed by atoms with Crippen molar-refractivity contribution in [2.24, 2.45) is 0 Å². The average Bonchev–Trinajstić information content (AvgIpc) is 2.64. The molecular weight excluding hydrogens is 192 g/mol. The van der Waals surface area contributed by atoms with E-state index in [1.165, 1.54) is 24.9 Å². The van der Waals surface area contributed by atoms with Crippen LogP contribution in [0.3, 0.4) is 0 Å². The molecule has 1 aliphatic rings. The number of hydrogen-bond acceptors (Lipinski definition) is 2. The van der Waals surface area contributed by atoms with Crippen LogP contribution in [0, 0.1) is 0 Å². The molecule has 0 atom stereocenters. The first-order chi connectivity index (χ1) is 6.72. The van der Waals surface area contributed by atoms with Gasteiger partial charge in [0.1, 0.15) is 0 Å². The zero-order valence-electron chi connectivity index (χ0n) is 9.47. The maximum atomic E-state index is 11.5. The molecule has 1 heterocycles. The van der Waals surface area contributed by atoms with Crippen molar-refractivity contribution >= 4 is 14.3 Å². The first kappa shape index (κ1) is 11.8. The third-order valence-electron chi connectivity index (χ3n) is 3.22. The molecule has 0 radical (unpaired) electrons. The smallest absolute Gasteiger partial charge is 0.292 e.